The van der Waals surface area contributed by atoms with Crippen molar-refractivity contribution in [2.45, 2.75) is 6.54 Å². The summed E-state index contributed by atoms with van der Waals surface area (Å²) in [5.74, 6) is 1.69. The number of imidazole rings is 1. The zero-order valence-electron chi connectivity index (χ0n) is 18.1. The largest absolute Gasteiger partial charge is 0.379 e. The average Bonchev–Trinajstić information content (AvgIpc) is 3.40. The molecule has 1 aromatic carbocycles. The van der Waals surface area contributed by atoms with Gasteiger partial charge in [0.05, 0.1) is 59.2 Å². The van der Waals surface area contributed by atoms with Gasteiger partial charge in [0.1, 0.15) is 23.5 Å². The molecule has 10 nitrogen and oxygen atoms in total. The van der Waals surface area contributed by atoms with Gasteiger partial charge in [-0.15, -0.1) is 4.21 Å². The molecule has 0 bridgehead atoms. The van der Waals surface area contributed by atoms with Crippen LogP contribution in [-0.4, -0.2) is 93.2 Å². The predicted octanol–water partition coefficient (Wildman–Crippen LogP) is 1.76. The minimum Gasteiger partial charge on any atom is -0.379 e. The van der Waals surface area contributed by atoms with Crippen molar-refractivity contribution in [3.8, 4) is 11.5 Å². The van der Waals surface area contributed by atoms with Gasteiger partial charge in [-0.3, -0.25) is 10.00 Å². The van der Waals surface area contributed by atoms with Crippen LogP contribution in [0.15, 0.2) is 24.4 Å². The van der Waals surface area contributed by atoms with E-state index in [4.69, 9.17) is 4.74 Å². The molecular formula is C21H28N7O3S+. The molecule has 2 amide bonds. The third-order valence-corrected chi connectivity index (χ3v) is 8.14. The van der Waals surface area contributed by atoms with Crippen LogP contribution in [0.2, 0.25) is 0 Å². The molecule has 2 aliphatic heterocycles. The van der Waals surface area contributed by atoms with Crippen LogP contribution in [0.4, 0.5) is 10.5 Å². The van der Waals surface area contributed by atoms with Gasteiger partial charge in [-0.05, 0) is 17.7 Å². The zero-order valence-corrected chi connectivity index (χ0v) is 18.9. The number of carbonyl (C=O) groups is 1. The molecule has 2 aliphatic rings. The number of H-pyrrole nitrogens is 2. The van der Waals surface area contributed by atoms with Crippen LogP contribution < -0.4 is 5.32 Å². The number of aromatic nitrogens is 4. The molecule has 0 unspecified atom stereocenters. The van der Waals surface area contributed by atoms with Gasteiger partial charge in [0.2, 0.25) is 0 Å². The molecule has 2 aromatic heterocycles. The summed E-state index contributed by atoms with van der Waals surface area (Å²) >= 11 is 0. The number of anilines is 1. The number of aromatic amines is 2. The molecule has 3 N–H and O–H groups in total. The number of fused-ring (bicyclic) bond motifs is 1. The highest BCUT2D eigenvalue weighted by Gasteiger charge is 2.31. The van der Waals surface area contributed by atoms with Gasteiger partial charge >= 0.3 is 6.03 Å². The summed E-state index contributed by atoms with van der Waals surface area (Å²) < 4.78 is 17.6. The maximum Gasteiger partial charge on any atom is 0.322 e. The standard InChI is InChI=1S/C21H27N7O3S/c1-32(30)10-6-28(7-11-32)21(29)25-18-13-22-26-19(18)20-23-16-3-2-15(12-17(16)24-20)14-27-4-8-31-9-5-27/h2-3,12-13H,4-11,14H2,1H3,(H2-,22,23,24,25,26,29)/p+1. The van der Waals surface area contributed by atoms with Crippen LogP contribution in [-0.2, 0) is 25.4 Å². The van der Waals surface area contributed by atoms with Crippen molar-refractivity contribution in [2.24, 2.45) is 0 Å². The van der Waals surface area contributed by atoms with Crippen molar-refractivity contribution >= 4 is 32.7 Å². The molecule has 0 atom stereocenters. The maximum atomic E-state index is 12.7. The van der Waals surface area contributed by atoms with Crippen molar-refractivity contribution in [3.05, 3.63) is 30.0 Å². The Morgan fingerprint density at radius 2 is 2.00 bits per heavy atom. The van der Waals surface area contributed by atoms with Crippen molar-refractivity contribution in [3.63, 3.8) is 0 Å². The normalized spacial score (nSPS) is 19.3. The lowest BCUT2D eigenvalue weighted by Crippen LogP contribution is -2.47. The second-order valence-electron chi connectivity index (χ2n) is 8.49. The van der Waals surface area contributed by atoms with Gasteiger partial charge in [0.25, 0.3) is 0 Å². The van der Waals surface area contributed by atoms with Crippen LogP contribution >= 0.6 is 0 Å². The lowest BCUT2D eigenvalue weighted by Gasteiger charge is -2.26. The smallest absolute Gasteiger partial charge is 0.322 e. The van der Waals surface area contributed by atoms with E-state index in [-0.39, 0.29) is 6.03 Å². The van der Waals surface area contributed by atoms with Gasteiger partial charge in [0, 0.05) is 19.6 Å². The first-order valence-corrected chi connectivity index (χ1v) is 13.1. The van der Waals surface area contributed by atoms with Gasteiger partial charge < -0.3 is 19.9 Å². The Bertz CT molecular complexity index is 1160. The fourth-order valence-electron chi connectivity index (χ4n) is 4.07. The first-order valence-electron chi connectivity index (χ1n) is 10.8. The van der Waals surface area contributed by atoms with Gasteiger partial charge in [-0.1, -0.05) is 6.07 Å². The van der Waals surface area contributed by atoms with E-state index in [0.29, 0.717) is 41.8 Å². The summed E-state index contributed by atoms with van der Waals surface area (Å²) in [5, 5.41) is 9.96. The molecule has 3 aromatic rings. The molecule has 4 heterocycles. The second kappa shape index (κ2) is 8.64. The SMILES string of the molecule is C[S+]1(=O)CCN(C(=O)Nc2cn[nH]c2-c2nc3ccc(CN4CCOCC4)cc3[nH]2)CC1. The third-order valence-electron chi connectivity index (χ3n) is 6.05. The highest BCUT2D eigenvalue weighted by atomic mass is 32.2. The monoisotopic (exact) mass is 458 g/mol. The van der Waals surface area contributed by atoms with Crippen LogP contribution in [0, 0.1) is 0 Å². The van der Waals surface area contributed by atoms with Gasteiger partial charge in [0.15, 0.2) is 5.82 Å². The maximum absolute atomic E-state index is 12.7. The first kappa shape index (κ1) is 21.1. The zero-order chi connectivity index (χ0) is 22.1. The van der Waals surface area contributed by atoms with Crippen molar-refractivity contribution in [2.75, 3.05) is 62.5 Å². The van der Waals surface area contributed by atoms with E-state index in [1.54, 1.807) is 17.4 Å². The number of benzene rings is 1. The molecule has 170 valence electrons. The van der Waals surface area contributed by atoms with E-state index >= 15 is 0 Å². The first-order chi connectivity index (χ1) is 15.5. The van der Waals surface area contributed by atoms with E-state index in [9.17, 15) is 9.00 Å². The fraction of sp³-hybridized carbons (Fsp3) is 0.476. The molecule has 0 radical (unpaired) electrons. The Morgan fingerprint density at radius 1 is 1.22 bits per heavy atom. The quantitative estimate of drug-likeness (QED) is 0.513. The predicted molar refractivity (Wildman–Crippen MR) is 124 cm³/mol. The summed E-state index contributed by atoms with van der Waals surface area (Å²) in [6, 6.07) is 6.01. The summed E-state index contributed by atoms with van der Waals surface area (Å²) in [6.45, 7) is 5.29. The summed E-state index contributed by atoms with van der Waals surface area (Å²) in [5.41, 5.74) is 4.19. The van der Waals surface area contributed by atoms with Crippen LogP contribution in [0.5, 0.6) is 0 Å². The van der Waals surface area contributed by atoms with E-state index in [1.807, 2.05) is 6.07 Å². The number of hydrogen-bond acceptors (Lipinski definition) is 6. The summed E-state index contributed by atoms with van der Waals surface area (Å²) in [6.07, 6.45) is 3.36. The van der Waals surface area contributed by atoms with E-state index < -0.39 is 9.93 Å². The average molecular weight is 459 g/mol. The Labute approximate surface area is 187 Å². The number of nitrogens with one attached hydrogen (secondary N) is 3. The van der Waals surface area contributed by atoms with Gasteiger partial charge in [-0.25, -0.2) is 9.78 Å². The highest BCUT2D eigenvalue weighted by Crippen LogP contribution is 2.26. The highest BCUT2D eigenvalue weighted by molar-refractivity contribution is 8.02. The van der Waals surface area contributed by atoms with Crippen LogP contribution in [0.3, 0.4) is 0 Å². The Balaban J connectivity index is 1.31. The summed E-state index contributed by atoms with van der Waals surface area (Å²) in [7, 11) is -1.80. The van der Waals surface area contributed by atoms with Crippen molar-refractivity contribution < 1.29 is 13.7 Å². The number of amides is 2. The molecule has 0 aliphatic carbocycles. The molecule has 0 spiro atoms. The molecule has 0 saturated carbocycles. The topological polar surface area (TPSA) is 119 Å². The number of ether oxygens (including phenoxy) is 1. The fourth-order valence-corrected chi connectivity index (χ4v) is 5.49. The Morgan fingerprint density at radius 3 is 2.78 bits per heavy atom. The third kappa shape index (κ3) is 4.54. The number of hydrogen-bond donors (Lipinski definition) is 3. The minimum atomic E-state index is -1.80. The van der Waals surface area contributed by atoms with Gasteiger partial charge in [-0.2, -0.15) is 5.10 Å². The number of rotatable bonds is 4. The number of nitrogens with zero attached hydrogens (tertiary/aromatic N) is 4. The van der Waals surface area contributed by atoms with E-state index in [0.717, 1.165) is 43.9 Å². The van der Waals surface area contributed by atoms with Crippen molar-refractivity contribution in [1.29, 1.82) is 0 Å². The molecule has 2 saturated heterocycles. The Kier molecular flexibility index (Phi) is 5.70. The van der Waals surface area contributed by atoms with Crippen LogP contribution in [0.1, 0.15) is 5.56 Å². The number of carbonyl (C=O) groups excluding carboxylic acids is 1. The molecule has 11 heteroatoms. The lowest BCUT2D eigenvalue weighted by molar-refractivity contribution is 0.0342. The number of morpholine rings is 1. The molecular weight excluding hydrogens is 430 g/mol. The second-order valence-corrected chi connectivity index (χ2v) is 11.7. The Hall–Kier alpha value is -2.76. The molecule has 32 heavy (non-hydrogen) atoms. The van der Waals surface area contributed by atoms with Crippen LogP contribution in [0.25, 0.3) is 22.6 Å². The van der Waals surface area contributed by atoms with E-state index in [2.05, 4.69) is 42.5 Å². The molecule has 5 rings (SSSR count). The summed E-state index contributed by atoms with van der Waals surface area (Å²) in [4.78, 5) is 24.8. The van der Waals surface area contributed by atoms with E-state index in [1.165, 1.54) is 5.56 Å². The van der Waals surface area contributed by atoms with Crippen molar-refractivity contribution in [1.82, 2.24) is 30.0 Å². The number of urea groups is 1. The minimum absolute atomic E-state index is 0.216. The molecule has 2 fully saturated rings. The lowest BCUT2D eigenvalue weighted by atomic mass is 10.2.